The van der Waals surface area contributed by atoms with Crippen molar-refractivity contribution in [3.63, 3.8) is 0 Å². The summed E-state index contributed by atoms with van der Waals surface area (Å²) in [5.74, 6) is -0.190. The average molecular weight is 264 g/mol. The van der Waals surface area contributed by atoms with E-state index < -0.39 is 0 Å². The quantitative estimate of drug-likeness (QED) is 0.785. The van der Waals surface area contributed by atoms with E-state index in [9.17, 15) is 4.79 Å². The van der Waals surface area contributed by atoms with Crippen molar-refractivity contribution in [1.82, 2.24) is 20.3 Å². The molecule has 3 aromatic rings. The Balaban J connectivity index is 1.72. The second kappa shape index (κ2) is 5.44. The average Bonchev–Trinajstić information content (AvgIpc) is 2.53. The Labute approximate surface area is 115 Å². The molecule has 98 valence electrons. The largest absolute Gasteiger partial charge is 0.347 e. The first-order valence-electron chi connectivity index (χ1n) is 6.22. The topological polar surface area (TPSA) is 67.8 Å². The molecule has 0 atom stereocenters. The number of hydrogen-bond donors (Lipinski definition) is 1. The molecule has 1 amide bonds. The zero-order valence-corrected chi connectivity index (χ0v) is 10.7. The summed E-state index contributed by atoms with van der Waals surface area (Å²) in [6.45, 7) is 0.432. The minimum Gasteiger partial charge on any atom is -0.347 e. The Hall–Kier alpha value is -2.82. The third-order valence-electron chi connectivity index (χ3n) is 2.88. The van der Waals surface area contributed by atoms with Crippen molar-refractivity contribution in [3.8, 4) is 0 Å². The van der Waals surface area contributed by atoms with Crippen LogP contribution in [0, 0.1) is 0 Å². The maximum Gasteiger partial charge on any atom is 0.270 e. The summed E-state index contributed by atoms with van der Waals surface area (Å²) in [6, 6.07) is 11.0. The van der Waals surface area contributed by atoms with E-state index in [2.05, 4.69) is 20.3 Å². The van der Waals surface area contributed by atoms with E-state index in [0.717, 1.165) is 16.6 Å². The summed E-state index contributed by atoms with van der Waals surface area (Å²) in [5.41, 5.74) is 3.04. The highest BCUT2D eigenvalue weighted by Crippen LogP contribution is 2.10. The SMILES string of the molecule is O=C(NCc1ccc2nccnc2c1)c1ccccn1. The standard InChI is InChI=1S/C15H12N4O/c20-15(13-3-1-2-6-16-13)19-10-11-4-5-12-14(9-11)18-8-7-17-12/h1-9H,10H2,(H,19,20). The van der Waals surface area contributed by atoms with E-state index in [1.54, 1.807) is 36.8 Å². The lowest BCUT2D eigenvalue weighted by atomic mass is 10.2. The number of nitrogens with zero attached hydrogens (tertiary/aromatic N) is 3. The van der Waals surface area contributed by atoms with Gasteiger partial charge in [0.1, 0.15) is 5.69 Å². The van der Waals surface area contributed by atoms with Crippen LogP contribution in [0.3, 0.4) is 0 Å². The molecule has 0 aliphatic rings. The molecule has 0 radical (unpaired) electrons. The van der Waals surface area contributed by atoms with E-state index in [4.69, 9.17) is 0 Å². The van der Waals surface area contributed by atoms with Gasteiger partial charge in [-0.25, -0.2) is 0 Å². The minimum absolute atomic E-state index is 0.190. The van der Waals surface area contributed by atoms with E-state index in [0.29, 0.717) is 12.2 Å². The molecule has 0 spiro atoms. The third-order valence-corrected chi connectivity index (χ3v) is 2.88. The van der Waals surface area contributed by atoms with Gasteiger partial charge in [-0.2, -0.15) is 0 Å². The van der Waals surface area contributed by atoms with Gasteiger partial charge in [-0.3, -0.25) is 19.7 Å². The van der Waals surface area contributed by atoms with Gasteiger partial charge in [-0.05, 0) is 29.8 Å². The predicted molar refractivity (Wildman–Crippen MR) is 74.9 cm³/mol. The van der Waals surface area contributed by atoms with Crippen LogP contribution in [-0.2, 0) is 6.54 Å². The molecule has 0 saturated heterocycles. The maximum absolute atomic E-state index is 11.9. The van der Waals surface area contributed by atoms with Crippen molar-refractivity contribution in [2.75, 3.05) is 0 Å². The zero-order valence-electron chi connectivity index (χ0n) is 10.7. The summed E-state index contributed by atoms with van der Waals surface area (Å²) < 4.78 is 0. The minimum atomic E-state index is -0.190. The van der Waals surface area contributed by atoms with Gasteiger partial charge in [0.15, 0.2) is 0 Å². The third kappa shape index (κ3) is 2.61. The summed E-state index contributed by atoms with van der Waals surface area (Å²) in [4.78, 5) is 24.3. The van der Waals surface area contributed by atoms with Gasteiger partial charge in [0.2, 0.25) is 0 Å². The lowest BCUT2D eigenvalue weighted by Crippen LogP contribution is -2.23. The number of fused-ring (bicyclic) bond motifs is 1. The van der Waals surface area contributed by atoms with Gasteiger partial charge >= 0.3 is 0 Å². The Morgan fingerprint density at radius 3 is 2.60 bits per heavy atom. The van der Waals surface area contributed by atoms with Gasteiger partial charge in [0.05, 0.1) is 11.0 Å². The van der Waals surface area contributed by atoms with Gasteiger partial charge in [0, 0.05) is 25.1 Å². The summed E-state index contributed by atoms with van der Waals surface area (Å²) in [5, 5.41) is 2.83. The molecule has 20 heavy (non-hydrogen) atoms. The van der Waals surface area contributed by atoms with Crippen molar-refractivity contribution < 1.29 is 4.79 Å². The number of aromatic nitrogens is 3. The Morgan fingerprint density at radius 1 is 0.950 bits per heavy atom. The van der Waals surface area contributed by atoms with Crippen molar-refractivity contribution in [1.29, 1.82) is 0 Å². The molecular formula is C15H12N4O. The van der Waals surface area contributed by atoms with Gasteiger partial charge in [0.25, 0.3) is 5.91 Å². The highest BCUT2D eigenvalue weighted by atomic mass is 16.1. The van der Waals surface area contributed by atoms with Crippen LogP contribution in [0.1, 0.15) is 16.1 Å². The molecule has 2 aromatic heterocycles. The lowest BCUT2D eigenvalue weighted by Gasteiger charge is -2.05. The monoisotopic (exact) mass is 264 g/mol. The molecule has 2 heterocycles. The van der Waals surface area contributed by atoms with Crippen molar-refractivity contribution >= 4 is 16.9 Å². The molecule has 0 fully saturated rings. The van der Waals surface area contributed by atoms with Gasteiger partial charge in [-0.1, -0.05) is 12.1 Å². The number of hydrogen-bond acceptors (Lipinski definition) is 4. The first kappa shape index (κ1) is 12.2. The molecule has 0 aliphatic heterocycles. The summed E-state index contributed by atoms with van der Waals surface area (Å²) in [7, 11) is 0. The number of benzene rings is 1. The number of rotatable bonds is 3. The zero-order chi connectivity index (χ0) is 13.8. The second-order valence-corrected chi connectivity index (χ2v) is 4.28. The fraction of sp³-hybridized carbons (Fsp3) is 0.0667. The van der Waals surface area contributed by atoms with E-state index in [1.165, 1.54) is 0 Å². The molecule has 0 saturated carbocycles. The van der Waals surface area contributed by atoms with Crippen LogP contribution in [0.5, 0.6) is 0 Å². The molecule has 5 nitrogen and oxygen atoms in total. The second-order valence-electron chi connectivity index (χ2n) is 4.28. The van der Waals surface area contributed by atoms with E-state index in [1.807, 2.05) is 18.2 Å². The van der Waals surface area contributed by atoms with Crippen LogP contribution in [-0.4, -0.2) is 20.9 Å². The van der Waals surface area contributed by atoms with Crippen LogP contribution in [0.4, 0.5) is 0 Å². The van der Waals surface area contributed by atoms with E-state index in [-0.39, 0.29) is 5.91 Å². The van der Waals surface area contributed by atoms with Crippen LogP contribution in [0.15, 0.2) is 55.0 Å². The van der Waals surface area contributed by atoms with Crippen molar-refractivity contribution in [2.24, 2.45) is 0 Å². The number of amides is 1. The van der Waals surface area contributed by atoms with Gasteiger partial charge < -0.3 is 5.32 Å². The van der Waals surface area contributed by atoms with Gasteiger partial charge in [-0.15, -0.1) is 0 Å². The summed E-state index contributed by atoms with van der Waals surface area (Å²) in [6.07, 6.45) is 4.91. The Morgan fingerprint density at radius 2 is 1.80 bits per heavy atom. The Bertz CT molecular complexity index is 743. The van der Waals surface area contributed by atoms with Crippen LogP contribution in [0.2, 0.25) is 0 Å². The van der Waals surface area contributed by atoms with Crippen LogP contribution in [0.25, 0.3) is 11.0 Å². The molecule has 3 rings (SSSR count). The van der Waals surface area contributed by atoms with E-state index >= 15 is 0 Å². The Kier molecular flexibility index (Phi) is 3.33. The summed E-state index contributed by atoms with van der Waals surface area (Å²) >= 11 is 0. The maximum atomic E-state index is 11.9. The predicted octanol–water partition coefficient (Wildman–Crippen LogP) is 1.95. The van der Waals surface area contributed by atoms with Crippen molar-refractivity contribution in [2.45, 2.75) is 6.54 Å². The molecular weight excluding hydrogens is 252 g/mol. The molecule has 1 N–H and O–H groups in total. The fourth-order valence-corrected chi connectivity index (χ4v) is 1.89. The smallest absolute Gasteiger partial charge is 0.270 e. The molecule has 0 unspecified atom stereocenters. The van der Waals surface area contributed by atoms with Crippen LogP contribution >= 0.6 is 0 Å². The highest BCUT2D eigenvalue weighted by molar-refractivity contribution is 5.92. The van der Waals surface area contributed by atoms with Crippen LogP contribution < -0.4 is 5.32 Å². The number of carbonyl (C=O) groups excluding carboxylic acids is 1. The highest BCUT2D eigenvalue weighted by Gasteiger charge is 2.06. The fourth-order valence-electron chi connectivity index (χ4n) is 1.89. The molecule has 5 heteroatoms. The normalized spacial score (nSPS) is 10.4. The number of nitrogens with one attached hydrogen (secondary N) is 1. The molecule has 1 aromatic carbocycles. The molecule has 0 bridgehead atoms. The number of carbonyl (C=O) groups is 1. The first-order chi connectivity index (χ1) is 9.83. The van der Waals surface area contributed by atoms with Crippen molar-refractivity contribution in [3.05, 3.63) is 66.2 Å². The lowest BCUT2D eigenvalue weighted by molar-refractivity contribution is 0.0946. The number of pyridine rings is 1. The molecule has 0 aliphatic carbocycles. The first-order valence-corrected chi connectivity index (χ1v) is 6.22.